The molecule has 17 heavy (non-hydrogen) atoms. The molecule has 1 aromatic carbocycles. The maximum absolute atomic E-state index is 11.7. The molecule has 90 valence electrons. The van der Waals surface area contributed by atoms with Crippen LogP contribution in [-0.2, 0) is 9.53 Å². The second kappa shape index (κ2) is 5.09. The van der Waals surface area contributed by atoms with Gasteiger partial charge in [0.1, 0.15) is 12.4 Å². The zero-order valence-electron chi connectivity index (χ0n) is 8.96. The number of nitrogens with zero attached hydrogens (tertiary/aromatic N) is 1. The predicted molar refractivity (Wildman–Crippen MR) is 61.9 cm³/mol. The van der Waals surface area contributed by atoms with Gasteiger partial charge < -0.3 is 9.84 Å². The summed E-state index contributed by atoms with van der Waals surface area (Å²) in [5.41, 5.74) is 0. The van der Waals surface area contributed by atoms with Crippen molar-refractivity contribution in [3.05, 3.63) is 24.3 Å². The summed E-state index contributed by atoms with van der Waals surface area (Å²) >= 11 is 1.20. The Morgan fingerprint density at radius 3 is 2.88 bits per heavy atom. The van der Waals surface area contributed by atoms with Crippen molar-refractivity contribution in [2.75, 3.05) is 18.9 Å². The molecule has 2 rings (SSSR count). The van der Waals surface area contributed by atoms with Gasteiger partial charge in [0.2, 0.25) is 5.91 Å². The highest BCUT2D eigenvalue weighted by Gasteiger charge is 2.28. The van der Waals surface area contributed by atoms with E-state index in [-0.39, 0.29) is 24.0 Å². The molecule has 6 heteroatoms. The number of hydrogen-bond acceptors (Lipinski definition) is 5. The Balaban J connectivity index is 1.92. The topological polar surface area (TPSA) is 66.8 Å². The molecule has 0 unspecified atom stereocenters. The lowest BCUT2D eigenvalue weighted by Crippen LogP contribution is -2.32. The van der Waals surface area contributed by atoms with Crippen LogP contribution >= 0.6 is 11.8 Å². The SMILES string of the molecule is O=C(CSc1ccccc1O)N1CCOC1=O. The van der Waals surface area contributed by atoms with Gasteiger partial charge >= 0.3 is 6.09 Å². The molecule has 1 aliphatic rings. The van der Waals surface area contributed by atoms with Gasteiger partial charge in [-0.1, -0.05) is 12.1 Å². The fourth-order valence-electron chi connectivity index (χ4n) is 1.42. The second-order valence-electron chi connectivity index (χ2n) is 3.42. The molecule has 0 aliphatic carbocycles. The number of amides is 2. The van der Waals surface area contributed by atoms with Crippen LogP contribution in [0.3, 0.4) is 0 Å². The molecule has 0 aromatic heterocycles. The van der Waals surface area contributed by atoms with Crippen LogP contribution in [0.2, 0.25) is 0 Å². The van der Waals surface area contributed by atoms with Crippen molar-refractivity contribution in [3.63, 3.8) is 0 Å². The first kappa shape index (κ1) is 11.8. The van der Waals surface area contributed by atoms with Crippen molar-refractivity contribution >= 4 is 23.8 Å². The Morgan fingerprint density at radius 2 is 2.24 bits per heavy atom. The number of ether oxygens (including phenoxy) is 1. The number of carbonyl (C=O) groups is 2. The molecule has 0 atom stereocenters. The summed E-state index contributed by atoms with van der Waals surface area (Å²) in [5, 5.41) is 9.50. The summed E-state index contributed by atoms with van der Waals surface area (Å²) in [7, 11) is 0. The highest BCUT2D eigenvalue weighted by atomic mass is 32.2. The number of benzene rings is 1. The molecular formula is C11H11NO4S. The normalized spacial score (nSPS) is 14.8. The standard InChI is InChI=1S/C11H11NO4S/c13-8-3-1-2-4-9(8)17-7-10(14)12-5-6-16-11(12)15/h1-4,13H,5-7H2. The van der Waals surface area contributed by atoms with Gasteiger partial charge in [-0.25, -0.2) is 9.69 Å². The van der Waals surface area contributed by atoms with E-state index in [9.17, 15) is 14.7 Å². The van der Waals surface area contributed by atoms with E-state index < -0.39 is 6.09 Å². The summed E-state index contributed by atoms with van der Waals surface area (Å²) in [4.78, 5) is 24.5. The molecule has 0 spiro atoms. The number of phenolic OH excluding ortho intramolecular Hbond substituents is 1. The number of thioether (sulfide) groups is 1. The molecular weight excluding hydrogens is 242 g/mol. The van der Waals surface area contributed by atoms with Crippen LogP contribution in [0.25, 0.3) is 0 Å². The summed E-state index contributed by atoms with van der Waals surface area (Å²) in [6.07, 6.45) is -0.590. The zero-order chi connectivity index (χ0) is 12.3. The first-order valence-electron chi connectivity index (χ1n) is 5.06. The van der Waals surface area contributed by atoms with E-state index in [1.807, 2.05) is 0 Å². The van der Waals surface area contributed by atoms with Crippen molar-refractivity contribution in [1.29, 1.82) is 0 Å². The lowest BCUT2D eigenvalue weighted by molar-refractivity contribution is -0.124. The van der Waals surface area contributed by atoms with Gasteiger partial charge in [0.15, 0.2) is 0 Å². The summed E-state index contributed by atoms with van der Waals surface area (Å²) in [6.45, 7) is 0.560. The van der Waals surface area contributed by atoms with E-state index >= 15 is 0 Å². The Morgan fingerprint density at radius 1 is 1.47 bits per heavy atom. The number of para-hydroxylation sites is 1. The molecule has 0 saturated carbocycles. The quantitative estimate of drug-likeness (QED) is 0.826. The molecule has 0 radical (unpaired) electrons. The van der Waals surface area contributed by atoms with Crippen molar-refractivity contribution in [1.82, 2.24) is 4.90 Å². The molecule has 0 bridgehead atoms. The average Bonchev–Trinajstić information content (AvgIpc) is 2.74. The van der Waals surface area contributed by atoms with Crippen molar-refractivity contribution in [2.24, 2.45) is 0 Å². The van der Waals surface area contributed by atoms with Crippen LogP contribution in [0.4, 0.5) is 4.79 Å². The highest BCUT2D eigenvalue weighted by molar-refractivity contribution is 8.00. The van der Waals surface area contributed by atoms with Crippen LogP contribution in [0.15, 0.2) is 29.2 Å². The van der Waals surface area contributed by atoms with Crippen LogP contribution < -0.4 is 0 Å². The number of phenols is 1. The molecule has 1 heterocycles. The molecule has 1 aromatic rings. The van der Waals surface area contributed by atoms with E-state index in [0.29, 0.717) is 11.4 Å². The van der Waals surface area contributed by atoms with Gasteiger partial charge in [-0.3, -0.25) is 4.79 Å². The largest absolute Gasteiger partial charge is 0.507 e. The molecule has 1 saturated heterocycles. The smallest absolute Gasteiger partial charge is 0.416 e. The van der Waals surface area contributed by atoms with Gasteiger partial charge in [0.05, 0.1) is 12.3 Å². The fourth-order valence-corrected chi connectivity index (χ4v) is 2.24. The van der Waals surface area contributed by atoms with Crippen molar-refractivity contribution in [2.45, 2.75) is 4.90 Å². The molecule has 1 N–H and O–H groups in total. The van der Waals surface area contributed by atoms with Crippen LogP contribution in [0.5, 0.6) is 5.75 Å². The van der Waals surface area contributed by atoms with Crippen LogP contribution in [0, 0.1) is 0 Å². The molecule has 1 fully saturated rings. The van der Waals surface area contributed by atoms with Crippen LogP contribution in [0.1, 0.15) is 0 Å². The Labute approximate surface area is 102 Å². The number of cyclic esters (lactones) is 1. The summed E-state index contributed by atoms with van der Waals surface area (Å²) < 4.78 is 4.67. The Bertz CT molecular complexity index is 449. The van der Waals surface area contributed by atoms with Gasteiger partial charge in [-0.15, -0.1) is 11.8 Å². The Kier molecular flexibility index (Phi) is 3.53. The number of hydrogen-bond donors (Lipinski definition) is 1. The predicted octanol–water partition coefficient (Wildman–Crippen LogP) is 1.46. The van der Waals surface area contributed by atoms with E-state index in [0.717, 1.165) is 4.90 Å². The monoisotopic (exact) mass is 253 g/mol. The van der Waals surface area contributed by atoms with Crippen molar-refractivity contribution in [3.8, 4) is 5.75 Å². The minimum Gasteiger partial charge on any atom is -0.507 e. The van der Waals surface area contributed by atoms with Gasteiger partial charge in [0.25, 0.3) is 0 Å². The summed E-state index contributed by atoms with van der Waals surface area (Å²) in [5.74, 6) is -0.0674. The fraction of sp³-hybridized carbons (Fsp3) is 0.273. The molecule has 2 amide bonds. The minimum atomic E-state index is -0.590. The van der Waals surface area contributed by atoms with Gasteiger partial charge in [0, 0.05) is 4.90 Å². The highest BCUT2D eigenvalue weighted by Crippen LogP contribution is 2.27. The lowest BCUT2D eigenvalue weighted by Gasteiger charge is -2.10. The average molecular weight is 253 g/mol. The molecule has 1 aliphatic heterocycles. The zero-order valence-corrected chi connectivity index (χ0v) is 9.77. The first-order valence-corrected chi connectivity index (χ1v) is 6.05. The number of rotatable bonds is 3. The number of carbonyl (C=O) groups excluding carboxylic acids is 2. The third kappa shape index (κ3) is 2.71. The van der Waals surface area contributed by atoms with Gasteiger partial charge in [-0.2, -0.15) is 0 Å². The van der Waals surface area contributed by atoms with Crippen molar-refractivity contribution < 1.29 is 19.4 Å². The third-order valence-electron chi connectivity index (χ3n) is 2.28. The second-order valence-corrected chi connectivity index (χ2v) is 4.43. The Hall–Kier alpha value is -1.69. The van der Waals surface area contributed by atoms with E-state index in [2.05, 4.69) is 4.74 Å². The maximum atomic E-state index is 11.7. The minimum absolute atomic E-state index is 0.104. The summed E-state index contributed by atoms with van der Waals surface area (Å²) in [6, 6.07) is 6.75. The van der Waals surface area contributed by atoms with E-state index in [1.165, 1.54) is 11.8 Å². The maximum Gasteiger partial charge on any atom is 0.416 e. The van der Waals surface area contributed by atoms with Gasteiger partial charge in [-0.05, 0) is 12.1 Å². The first-order chi connectivity index (χ1) is 8.18. The van der Waals surface area contributed by atoms with Crippen LogP contribution in [-0.4, -0.2) is 40.9 Å². The number of imide groups is 1. The molecule has 5 nitrogen and oxygen atoms in total. The number of aromatic hydroxyl groups is 1. The lowest BCUT2D eigenvalue weighted by atomic mass is 10.3. The third-order valence-corrected chi connectivity index (χ3v) is 3.33. The van der Waals surface area contributed by atoms with E-state index in [1.54, 1.807) is 24.3 Å². The van der Waals surface area contributed by atoms with E-state index in [4.69, 9.17) is 0 Å².